The van der Waals surface area contributed by atoms with E-state index in [-0.39, 0.29) is 23.0 Å². The number of hydrogen-bond donors (Lipinski definition) is 2. The van der Waals surface area contributed by atoms with E-state index < -0.39 is 10.8 Å². The highest BCUT2D eigenvalue weighted by atomic mass is 32.2. The van der Waals surface area contributed by atoms with Crippen molar-refractivity contribution >= 4 is 17.4 Å². The third kappa shape index (κ3) is 3.19. The van der Waals surface area contributed by atoms with Gasteiger partial charge in [0.05, 0.1) is 22.1 Å². The average Bonchev–Trinajstić information content (AvgIpc) is 3.16. The number of aromatic nitrogens is 2. The van der Waals surface area contributed by atoms with E-state index in [1.807, 2.05) is 30.5 Å². The number of rotatable bonds is 4. The molecule has 1 unspecified atom stereocenters. The summed E-state index contributed by atoms with van der Waals surface area (Å²) >= 11 is 1.61. The van der Waals surface area contributed by atoms with Gasteiger partial charge >= 0.3 is 0 Å². The van der Waals surface area contributed by atoms with Crippen molar-refractivity contribution < 1.29 is 9.66 Å². The van der Waals surface area contributed by atoms with E-state index in [9.17, 15) is 15.4 Å². The van der Waals surface area contributed by atoms with E-state index in [0.29, 0.717) is 16.8 Å². The van der Waals surface area contributed by atoms with E-state index in [1.165, 1.54) is 12.1 Å². The minimum Gasteiger partial charge on any atom is -0.420 e. The van der Waals surface area contributed by atoms with Gasteiger partial charge < -0.3 is 10.5 Å². The summed E-state index contributed by atoms with van der Waals surface area (Å²) in [5.74, 6) is -0.259. The molecule has 0 radical (unpaired) electrons. The Bertz CT molecular complexity index is 1180. The minimum absolute atomic E-state index is 0.00367. The topological polar surface area (TPSA) is 131 Å². The largest absolute Gasteiger partial charge is 0.420 e. The minimum atomic E-state index is -0.507. The van der Waals surface area contributed by atoms with Crippen LogP contribution in [0.15, 0.2) is 64.9 Å². The first kappa shape index (κ1) is 18.6. The van der Waals surface area contributed by atoms with Crippen LogP contribution in [0, 0.1) is 21.4 Å². The molecular formula is C20H15N5O3S. The molecule has 3 N–H and O–H groups in total. The number of nitro groups is 1. The molecule has 9 heteroatoms. The molecule has 0 amide bonds. The fraction of sp³-hybridized carbons (Fsp3) is 0.100. The summed E-state index contributed by atoms with van der Waals surface area (Å²) < 4.78 is 5.57. The number of nitrogens with two attached hydrogens (primary N) is 1. The van der Waals surface area contributed by atoms with Gasteiger partial charge in [-0.25, -0.2) is 0 Å². The third-order valence-electron chi connectivity index (χ3n) is 4.73. The number of benzene rings is 2. The van der Waals surface area contributed by atoms with Gasteiger partial charge in [0.1, 0.15) is 11.6 Å². The second kappa shape index (κ2) is 7.33. The summed E-state index contributed by atoms with van der Waals surface area (Å²) in [4.78, 5) is 11.8. The first-order chi connectivity index (χ1) is 14.0. The molecule has 0 aliphatic carbocycles. The SMILES string of the molecule is CSc1ccc(C2C(C#N)=C(N)Oc3n[nH]c(-c4cccc([N+](=O)[O-])c4)c32)cc1. The Labute approximate surface area is 170 Å². The molecule has 1 atom stereocenters. The van der Waals surface area contributed by atoms with Crippen molar-refractivity contribution in [2.45, 2.75) is 10.8 Å². The van der Waals surface area contributed by atoms with Crippen LogP contribution in [-0.2, 0) is 0 Å². The third-order valence-corrected chi connectivity index (χ3v) is 5.48. The van der Waals surface area contributed by atoms with Crippen LogP contribution in [0.1, 0.15) is 17.0 Å². The molecule has 1 aromatic heterocycles. The Hall–Kier alpha value is -3.77. The summed E-state index contributed by atoms with van der Waals surface area (Å²) in [5.41, 5.74) is 8.79. The van der Waals surface area contributed by atoms with Crippen LogP contribution in [0.2, 0.25) is 0 Å². The Kier molecular flexibility index (Phi) is 4.70. The molecule has 29 heavy (non-hydrogen) atoms. The molecule has 4 rings (SSSR count). The fourth-order valence-electron chi connectivity index (χ4n) is 3.37. The van der Waals surface area contributed by atoms with Crippen LogP contribution in [-0.4, -0.2) is 21.4 Å². The van der Waals surface area contributed by atoms with Gasteiger partial charge in [0, 0.05) is 22.6 Å². The zero-order valence-electron chi connectivity index (χ0n) is 15.2. The smallest absolute Gasteiger partial charge is 0.270 e. The Morgan fingerprint density at radius 2 is 2.07 bits per heavy atom. The lowest BCUT2D eigenvalue weighted by molar-refractivity contribution is -0.384. The van der Waals surface area contributed by atoms with E-state index in [0.717, 1.165) is 10.5 Å². The molecule has 0 spiro atoms. The predicted octanol–water partition coefficient (Wildman–Crippen LogP) is 3.92. The van der Waals surface area contributed by atoms with Crippen LogP contribution in [0.3, 0.4) is 0 Å². The van der Waals surface area contributed by atoms with Crippen molar-refractivity contribution in [1.82, 2.24) is 10.2 Å². The van der Waals surface area contributed by atoms with Crippen LogP contribution >= 0.6 is 11.8 Å². The van der Waals surface area contributed by atoms with Gasteiger partial charge in [-0.2, -0.15) is 5.26 Å². The van der Waals surface area contributed by atoms with Crippen molar-refractivity contribution in [2.24, 2.45) is 5.73 Å². The normalized spacial score (nSPS) is 15.4. The summed E-state index contributed by atoms with van der Waals surface area (Å²) in [6.07, 6.45) is 1.98. The lowest BCUT2D eigenvalue weighted by Gasteiger charge is -2.24. The maximum Gasteiger partial charge on any atom is 0.270 e. The number of fused-ring (bicyclic) bond motifs is 1. The Morgan fingerprint density at radius 3 is 2.72 bits per heavy atom. The predicted molar refractivity (Wildman–Crippen MR) is 108 cm³/mol. The maximum absolute atomic E-state index is 11.2. The Morgan fingerprint density at radius 1 is 1.31 bits per heavy atom. The molecule has 0 fully saturated rings. The van der Waals surface area contributed by atoms with Gasteiger partial charge in [0.15, 0.2) is 0 Å². The number of ether oxygens (including phenoxy) is 1. The van der Waals surface area contributed by atoms with Crippen LogP contribution < -0.4 is 10.5 Å². The Balaban J connectivity index is 1.91. The van der Waals surface area contributed by atoms with Gasteiger partial charge in [0.2, 0.25) is 11.8 Å². The molecule has 144 valence electrons. The van der Waals surface area contributed by atoms with Crippen molar-refractivity contribution in [3.8, 4) is 23.2 Å². The van der Waals surface area contributed by atoms with Crippen molar-refractivity contribution in [1.29, 1.82) is 5.26 Å². The number of nitro benzene ring substituents is 1. The number of nitriles is 1. The van der Waals surface area contributed by atoms with Gasteiger partial charge in [-0.15, -0.1) is 16.9 Å². The van der Waals surface area contributed by atoms with Crippen LogP contribution in [0.4, 0.5) is 5.69 Å². The molecule has 0 saturated carbocycles. The zero-order valence-corrected chi connectivity index (χ0v) is 16.1. The number of H-pyrrole nitrogens is 1. The maximum atomic E-state index is 11.2. The number of hydrogen-bond acceptors (Lipinski definition) is 7. The second-order valence-corrected chi connectivity index (χ2v) is 7.20. The van der Waals surface area contributed by atoms with Crippen molar-refractivity contribution in [3.05, 3.63) is 81.2 Å². The van der Waals surface area contributed by atoms with Crippen LogP contribution in [0.25, 0.3) is 11.3 Å². The molecule has 2 heterocycles. The number of nitrogens with one attached hydrogen (secondary N) is 1. The number of non-ortho nitro benzene ring substituents is 1. The highest BCUT2D eigenvalue weighted by Crippen LogP contribution is 2.46. The van der Waals surface area contributed by atoms with Gasteiger partial charge in [-0.05, 0) is 24.0 Å². The molecule has 1 aliphatic heterocycles. The highest BCUT2D eigenvalue weighted by molar-refractivity contribution is 7.98. The number of aromatic amines is 1. The first-order valence-corrected chi connectivity index (χ1v) is 9.80. The highest BCUT2D eigenvalue weighted by Gasteiger charge is 2.35. The number of nitrogens with zero attached hydrogens (tertiary/aromatic N) is 3. The van der Waals surface area contributed by atoms with Crippen LogP contribution in [0.5, 0.6) is 5.88 Å². The van der Waals surface area contributed by atoms with E-state index in [2.05, 4.69) is 16.3 Å². The summed E-state index contributed by atoms with van der Waals surface area (Å²) in [6.45, 7) is 0. The number of thioether (sulfide) groups is 1. The summed E-state index contributed by atoms with van der Waals surface area (Å²) in [6, 6.07) is 16.1. The standard InChI is InChI=1S/C20H15N5O3S/c1-29-14-7-5-11(6-8-14)16-15(10-21)19(22)28-20-17(16)18(23-24-20)12-3-2-4-13(9-12)25(26)27/h2-9,16H,22H2,1H3,(H,23,24). The molecule has 1 aliphatic rings. The lowest BCUT2D eigenvalue weighted by Crippen LogP contribution is -2.21. The monoisotopic (exact) mass is 405 g/mol. The summed E-state index contributed by atoms with van der Waals surface area (Å²) in [5, 5.41) is 28.0. The van der Waals surface area contributed by atoms with Gasteiger partial charge in [-0.3, -0.25) is 15.2 Å². The average molecular weight is 405 g/mol. The first-order valence-electron chi connectivity index (χ1n) is 8.58. The molecular weight excluding hydrogens is 390 g/mol. The van der Waals surface area contributed by atoms with Crippen molar-refractivity contribution in [3.63, 3.8) is 0 Å². The van der Waals surface area contributed by atoms with Gasteiger partial charge in [0.25, 0.3) is 5.69 Å². The number of allylic oxidation sites excluding steroid dienone is 1. The van der Waals surface area contributed by atoms with Crippen molar-refractivity contribution in [2.75, 3.05) is 6.26 Å². The van der Waals surface area contributed by atoms with Gasteiger partial charge in [-0.1, -0.05) is 24.3 Å². The fourth-order valence-corrected chi connectivity index (χ4v) is 3.78. The lowest BCUT2D eigenvalue weighted by atomic mass is 9.83. The second-order valence-electron chi connectivity index (χ2n) is 6.32. The molecule has 0 bridgehead atoms. The molecule has 2 aromatic carbocycles. The van der Waals surface area contributed by atoms with E-state index >= 15 is 0 Å². The van der Waals surface area contributed by atoms with E-state index in [1.54, 1.807) is 23.9 Å². The quantitative estimate of drug-likeness (QED) is 0.382. The molecule has 3 aromatic rings. The molecule has 8 nitrogen and oxygen atoms in total. The van der Waals surface area contributed by atoms with E-state index in [4.69, 9.17) is 10.5 Å². The summed E-state index contributed by atoms with van der Waals surface area (Å²) in [7, 11) is 0. The molecule has 0 saturated heterocycles. The zero-order chi connectivity index (χ0) is 20.5.